The molecular formula is C15H16N2O2. The van der Waals surface area contributed by atoms with Gasteiger partial charge in [-0.05, 0) is 43.2 Å². The molecule has 0 atom stereocenters. The van der Waals surface area contributed by atoms with Crippen LogP contribution in [0.15, 0.2) is 42.6 Å². The first-order chi connectivity index (χ1) is 9.15. The predicted molar refractivity (Wildman–Crippen MR) is 74.0 cm³/mol. The topological polar surface area (TPSA) is 51.2 Å². The van der Waals surface area contributed by atoms with Crippen LogP contribution in [0.4, 0.5) is 10.5 Å². The molecule has 4 nitrogen and oxygen atoms in total. The number of nitrogens with one attached hydrogen (secondary N) is 1. The van der Waals surface area contributed by atoms with Crippen LogP contribution in [0.2, 0.25) is 0 Å². The summed E-state index contributed by atoms with van der Waals surface area (Å²) in [6.07, 6.45) is 1.21. The Bertz CT molecular complexity index is 582. The van der Waals surface area contributed by atoms with Crippen molar-refractivity contribution in [2.45, 2.75) is 20.5 Å². The number of aryl methyl sites for hydroxylation is 2. The lowest BCUT2D eigenvalue weighted by atomic mass is 10.2. The van der Waals surface area contributed by atoms with Crippen molar-refractivity contribution in [3.8, 4) is 0 Å². The van der Waals surface area contributed by atoms with Gasteiger partial charge in [-0.25, -0.2) is 4.79 Å². The molecule has 4 heteroatoms. The Morgan fingerprint density at radius 3 is 2.84 bits per heavy atom. The molecule has 1 N–H and O–H groups in total. The Morgan fingerprint density at radius 2 is 2.11 bits per heavy atom. The molecule has 0 saturated carbocycles. The van der Waals surface area contributed by atoms with Gasteiger partial charge in [-0.15, -0.1) is 0 Å². The number of amides is 1. The molecule has 0 radical (unpaired) electrons. The standard InChI is InChI=1S/C15H16N2O2/c1-11-5-3-7-13(9-11)17-15(18)19-10-14-12(2)6-4-8-16-14/h3-9H,10H2,1-2H3,(H,17,18). The van der Waals surface area contributed by atoms with E-state index < -0.39 is 6.09 Å². The second-order valence-corrected chi connectivity index (χ2v) is 4.34. The lowest BCUT2D eigenvalue weighted by Gasteiger charge is -2.08. The van der Waals surface area contributed by atoms with Crippen LogP contribution in [0.5, 0.6) is 0 Å². The van der Waals surface area contributed by atoms with E-state index in [-0.39, 0.29) is 6.61 Å². The zero-order valence-corrected chi connectivity index (χ0v) is 11.0. The molecule has 2 rings (SSSR count). The fourth-order valence-electron chi connectivity index (χ4n) is 1.68. The van der Waals surface area contributed by atoms with Gasteiger partial charge in [-0.1, -0.05) is 18.2 Å². The van der Waals surface area contributed by atoms with E-state index in [0.29, 0.717) is 0 Å². The number of carbonyl (C=O) groups excluding carboxylic acids is 1. The van der Waals surface area contributed by atoms with Gasteiger partial charge in [-0.3, -0.25) is 10.3 Å². The van der Waals surface area contributed by atoms with E-state index in [1.165, 1.54) is 0 Å². The molecule has 1 aromatic carbocycles. The van der Waals surface area contributed by atoms with E-state index in [1.807, 2.05) is 50.2 Å². The van der Waals surface area contributed by atoms with Gasteiger partial charge in [0.15, 0.2) is 0 Å². The van der Waals surface area contributed by atoms with Gasteiger partial charge in [0.1, 0.15) is 6.61 Å². The highest BCUT2D eigenvalue weighted by atomic mass is 16.5. The fourth-order valence-corrected chi connectivity index (χ4v) is 1.68. The van der Waals surface area contributed by atoms with Gasteiger partial charge in [0.2, 0.25) is 0 Å². The molecule has 98 valence electrons. The first-order valence-electron chi connectivity index (χ1n) is 6.06. The summed E-state index contributed by atoms with van der Waals surface area (Å²) in [5.41, 5.74) is 3.58. The van der Waals surface area contributed by atoms with Crippen LogP contribution in [-0.2, 0) is 11.3 Å². The molecule has 0 spiro atoms. The number of ether oxygens (including phenoxy) is 1. The van der Waals surface area contributed by atoms with Crippen molar-refractivity contribution in [1.29, 1.82) is 0 Å². The summed E-state index contributed by atoms with van der Waals surface area (Å²) < 4.78 is 5.14. The number of rotatable bonds is 3. The Balaban J connectivity index is 1.90. The molecule has 0 aliphatic rings. The summed E-state index contributed by atoms with van der Waals surface area (Å²) in [6, 6.07) is 11.3. The van der Waals surface area contributed by atoms with E-state index >= 15 is 0 Å². The number of benzene rings is 1. The van der Waals surface area contributed by atoms with Gasteiger partial charge in [0.25, 0.3) is 0 Å². The zero-order chi connectivity index (χ0) is 13.7. The van der Waals surface area contributed by atoms with Crippen molar-refractivity contribution in [3.05, 3.63) is 59.4 Å². The number of pyridine rings is 1. The number of aromatic nitrogens is 1. The fraction of sp³-hybridized carbons (Fsp3) is 0.200. The summed E-state index contributed by atoms with van der Waals surface area (Å²) in [4.78, 5) is 15.8. The number of carbonyl (C=O) groups is 1. The lowest BCUT2D eigenvalue weighted by Crippen LogP contribution is -2.14. The van der Waals surface area contributed by atoms with Crippen LogP contribution < -0.4 is 5.32 Å². The molecule has 2 aromatic rings. The number of hydrogen-bond donors (Lipinski definition) is 1. The summed E-state index contributed by atoms with van der Waals surface area (Å²) in [5, 5.41) is 2.68. The molecule has 0 unspecified atom stereocenters. The minimum absolute atomic E-state index is 0.171. The van der Waals surface area contributed by atoms with E-state index in [0.717, 1.165) is 22.5 Å². The van der Waals surface area contributed by atoms with Gasteiger partial charge in [-0.2, -0.15) is 0 Å². The van der Waals surface area contributed by atoms with Crippen LogP contribution in [0.3, 0.4) is 0 Å². The normalized spacial score (nSPS) is 10.0. The van der Waals surface area contributed by atoms with Gasteiger partial charge in [0.05, 0.1) is 5.69 Å². The van der Waals surface area contributed by atoms with E-state index in [9.17, 15) is 4.79 Å². The average molecular weight is 256 g/mol. The van der Waals surface area contributed by atoms with Crippen LogP contribution >= 0.6 is 0 Å². The molecule has 0 bridgehead atoms. The van der Waals surface area contributed by atoms with Crippen molar-refractivity contribution in [3.63, 3.8) is 0 Å². The Morgan fingerprint density at radius 1 is 1.26 bits per heavy atom. The summed E-state index contributed by atoms with van der Waals surface area (Å²) >= 11 is 0. The molecule has 1 aromatic heterocycles. The second kappa shape index (κ2) is 6.00. The maximum absolute atomic E-state index is 11.6. The van der Waals surface area contributed by atoms with E-state index in [1.54, 1.807) is 6.20 Å². The van der Waals surface area contributed by atoms with Crippen LogP contribution in [0, 0.1) is 13.8 Å². The molecule has 0 fully saturated rings. The Hall–Kier alpha value is -2.36. The highest BCUT2D eigenvalue weighted by Gasteiger charge is 2.05. The minimum atomic E-state index is -0.476. The highest BCUT2D eigenvalue weighted by molar-refractivity contribution is 5.84. The van der Waals surface area contributed by atoms with Crippen LogP contribution in [0.1, 0.15) is 16.8 Å². The van der Waals surface area contributed by atoms with Crippen molar-refractivity contribution < 1.29 is 9.53 Å². The first-order valence-corrected chi connectivity index (χ1v) is 6.06. The second-order valence-electron chi connectivity index (χ2n) is 4.34. The minimum Gasteiger partial charge on any atom is -0.443 e. The van der Waals surface area contributed by atoms with Crippen molar-refractivity contribution in [2.75, 3.05) is 5.32 Å². The van der Waals surface area contributed by atoms with Crippen LogP contribution in [-0.4, -0.2) is 11.1 Å². The molecule has 0 saturated heterocycles. The van der Waals surface area contributed by atoms with Crippen molar-refractivity contribution in [2.24, 2.45) is 0 Å². The van der Waals surface area contributed by atoms with Gasteiger partial charge < -0.3 is 4.74 Å². The maximum Gasteiger partial charge on any atom is 0.412 e. The first kappa shape index (κ1) is 13.1. The Kier molecular flexibility index (Phi) is 4.13. The quantitative estimate of drug-likeness (QED) is 0.915. The molecule has 1 amide bonds. The monoisotopic (exact) mass is 256 g/mol. The number of hydrogen-bond acceptors (Lipinski definition) is 3. The lowest BCUT2D eigenvalue weighted by molar-refractivity contribution is 0.153. The van der Waals surface area contributed by atoms with Crippen LogP contribution in [0.25, 0.3) is 0 Å². The molecule has 1 heterocycles. The highest BCUT2D eigenvalue weighted by Crippen LogP contribution is 2.10. The van der Waals surface area contributed by atoms with Crippen molar-refractivity contribution >= 4 is 11.8 Å². The third-order valence-electron chi connectivity index (χ3n) is 2.72. The van der Waals surface area contributed by atoms with Gasteiger partial charge in [0, 0.05) is 11.9 Å². The zero-order valence-electron chi connectivity index (χ0n) is 11.0. The largest absolute Gasteiger partial charge is 0.443 e. The molecule has 0 aliphatic heterocycles. The molecular weight excluding hydrogens is 240 g/mol. The predicted octanol–water partition coefficient (Wildman–Crippen LogP) is 3.45. The third-order valence-corrected chi connectivity index (χ3v) is 2.72. The van der Waals surface area contributed by atoms with Crippen molar-refractivity contribution in [1.82, 2.24) is 4.98 Å². The summed E-state index contributed by atoms with van der Waals surface area (Å²) in [5.74, 6) is 0. The SMILES string of the molecule is Cc1cccc(NC(=O)OCc2ncccc2C)c1. The molecule has 0 aliphatic carbocycles. The maximum atomic E-state index is 11.6. The van der Waals surface area contributed by atoms with E-state index in [2.05, 4.69) is 10.3 Å². The number of nitrogens with zero attached hydrogens (tertiary/aromatic N) is 1. The average Bonchev–Trinajstić information content (AvgIpc) is 2.38. The van der Waals surface area contributed by atoms with Gasteiger partial charge >= 0.3 is 6.09 Å². The molecule has 19 heavy (non-hydrogen) atoms. The Labute approximate surface area is 112 Å². The summed E-state index contributed by atoms with van der Waals surface area (Å²) in [6.45, 7) is 4.07. The smallest absolute Gasteiger partial charge is 0.412 e. The van der Waals surface area contributed by atoms with E-state index in [4.69, 9.17) is 4.74 Å². The third kappa shape index (κ3) is 3.81. The number of anilines is 1. The summed E-state index contributed by atoms with van der Waals surface area (Å²) in [7, 11) is 0.